The fraction of sp³-hybridized carbons (Fsp3) is 0.241. The lowest BCUT2D eigenvalue weighted by Gasteiger charge is -2.20. The Hall–Kier alpha value is -3.84. The number of carbonyl (C=O) groups is 2. The van der Waals surface area contributed by atoms with Gasteiger partial charge >= 0.3 is 0 Å². The zero-order valence-corrected chi connectivity index (χ0v) is 21.7. The van der Waals surface area contributed by atoms with E-state index in [-0.39, 0.29) is 17.2 Å². The van der Waals surface area contributed by atoms with E-state index in [0.29, 0.717) is 17.1 Å². The molecule has 0 saturated heterocycles. The molecule has 36 heavy (non-hydrogen) atoms. The minimum absolute atomic E-state index is 0.0101. The molecule has 2 N–H and O–H groups in total. The SMILES string of the molecule is Cc1cccc(-c2nnc(NC(=O)C(Cc3ccccc3)NC(=O)c3ccc(C(C)(C)C)cc3)s2)c1. The van der Waals surface area contributed by atoms with Crippen molar-refractivity contribution in [3.05, 3.63) is 101 Å². The number of carbonyl (C=O) groups excluding carboxylic acids is 2. The van der Waals surface area contributed by atoms with Crippen LogP contribution in [0.3, 0.4) is 0 Å². The van der Waals surface area contributed by atoms with Crippen LogP contribution in [0.2, 0.25) is 0 Å². The van der Waals surface area contributed by atoms with E-state index in [1.165, 1.54) is 11.3 Å². The normalized spacial score (nSPS) is 12.1. The molecule has 6 nitrogen and oxygen atoms in total. The molecular formula is C29H30N4O2S. The molecule has 184 valence electrons. The molecule has 2 amide bonds. The summed E-state index contributed by atoms with van der Waals surface area (Å²) in [6.07, 6.45) is 0.349. The Bertz CT molecular complexity index is 1340. The van der Waals surface area contributed by atoms with Gasteiger partial charge in [0.2, 0.25) is 11.0 Å². The zero-order valence-electron chi connectivity index (χ0n) is 20.9. The van der Waals surface area contributed by atoms with Crippen LogP contribution in [0, 0.1) is 6.92 Å². The lowest BCUT2D eigenvalue weighted by Crippen LogP contribution is -2.45. The Labute approximate surface area is 215 Å². The molecule has 0 radical (unpaired) electrons. The molecule has 1 heterocycles. The summed E-state index contributed by atoms with van der Waals surface area (Å²) < 4.78 is 0. The van der Waals surface area contributed by atoms with Gasteiger partial charge in [-0.05, 0) is 41.7 Å². The number of nitrogens with zero attached hydrogens (tertiary/aromatic N) is 2. The molecule has 3 aromatic carbocycles. The maximum Gasteiger partial charge on any atom is 0.251 e. The van der Waals surface area contributed by atoms with E-state index >= 15 is 0 Å². The molecule has 0 fully saturated rings. The third-order valence-corrected chi connectivity index (χ3v) is 6.73. The Balaban J connectivity index is 1.51. The van der Waals surface area contributed by atoms with Gasteiger partial charge in [0, 0.05) is 17.5 Å². The van der Waals surface area contributed by atoms with Gasteiger partial charge in [0.15, 0.2) is 0 Å². The summed E-state index contributed by atoms with van der Waals surface area (Å²) in [6, 6.07) is 24.3. The number of benzene rings is 3. The molecule has 1 aromatic heterocycles. The number of aryl methyl sites for hydroxylation is 1. The fourth-order valence-electron chi connectivity index (χ4n) is 3.78. The Morgan fingerprint density at radius 2 is 1.64 bits per heavy atom. The minimum atomic E-state index is -0.784. The molecule has 0 bridgehead atoms. The summed E-state index contributed by atoms with van der Waals surface area (Å²) >= 11 is 1.30. The number of hydrogen-bond acceptors (Lipinski definition) is 5. The lowest BCUT2D eigenvalue weighted by molar-refractivity contribution is -0.118. The standard InChI is InChI=1S/C29H30N4O2S/c1-19-9-8-12-22(17-19)27-32-33-28(36-27)31-26(35)24(18-20-10-6-5-7-11-20)30-25(34)21-13-15-23(16-14-21)29(2,3)4/h5-17,24H,18H2,1-4H3,(H,30,34)(H,31,33,35). The number of hydrogen-bond donors (Lipinski definition) is 2. The number of aromatic nitrogens is 2. The number of nitrogens with one attached hydrogen (secondary N) is 2. The van der Waals surface area contributed by atoms with Crippen LogP contribution in [0.5, 0.6) is 0 Å². The average Bonchev–Trinajstić information content (AvgIpc) is 3.32. The smallest absolute Gasteiger partial charge is 0.251 e. The highest BCUT2D eigenvalue weighted by molar-refractivity contribution is 7.18. The topological polar surface area (TPSA) is 84.0 Å². The first-order valence-electron chi connectivity index (χ1n) is 11.9. The molecule has 0 saturated carbocycles. The second-order valence-electron chi connectivity index (χ2n) is 9.81. The maximum absolute atomic E-state index is 13.3. The van der Waals surface area contributed by atoms with Crippen LogP contribution >= 0.6 is 11.3 Å². The predicted molar refractivity (Wildman–Crippen MR) is 145 cm³/mol. The van der Waals surface area contributed by atoms with E-state index in [9.17, 15) is 9.59 Å². The maximum atomic E-state index is 13.3. The van der Waals surface area contributed by atoms with Crippen molar-refractivity contribution in [1.29, 1.82) is 0 Å². The van der Waals surface area contributed by atoms with Crippen LogP contribution in [0.1, 0.15) is 47.8 Å². The van der Waals surface area contributed by atoms with E-state index in [1.807, 2.05) is 73.7 Å². The summed E-state index contributed by atoms with van der Waals surface area (Å²) in [5.41, 5.74) is 4.64. The summed E-state index contributed by atoms with van der Waals surface area (Å²) in [5.74, 6) is -0.644. The van der Waals surface area contributed by atoms with Crippen molar-refractivity contribution in [3.63, 3.8) is 0 Å². The van der Waals surface area contributed by atoms with Crippen molar-refractivity contribution in [2.45, 2.75) is 45.6 Å². The number of amides is 2. The van der Waals surface area contributed by atoms with E-state index in [1.54, 1.807) is 12.1 Å². The molecule has 1 unspecified atom stereocenters. The van der Waals surface area contributed by atoms with E-state index < -0.39 is 6.04 Å². The first kappa shape index (κ1) is 25.3. The van der Waals surface area contributed by atoms with Crippen LogP contribution < -0.4 is 10.6 Å². The molecule has 0 aliphatic carbocycles. The summed E-state index contributed by atoms with van der Waals surface area (Å²) in [5, 5.41) is 15.2. The van der Waals surface area contributed by atoms with Crippen molar-refractivity contribution in [1.82, 2.24) is 15.5 Å². The van der Waals surface area contributed by atoms with Crippen molar-refractivity contribution in [2.24, 2.45) is 0 Å². The van der Waals surface area contributed by atoms with E-state index in [4.69, 9.17) is 0 Å². The zero-order chi connectivity index (χ0) is 25.7. The van der Waals surface area contributed by atoms with Crippen LogP contribution in [-0.2, 0) is 16.6 Å². The highest BCUT2D eigenvalue weighted by Crippen LogP contribution is 2.27. The van der Waals surface area contributed by atoms with E-state index in [2.05, 4.69) is 41.6 Å². The summed E-state index contributed by atoms with van der Waals surface area (Å²) in [6.45, 7) is 8.39. The molecule has 4 aromatic rings. The number of rotatable bonds is 7. The minimum Gasteiger partial charge on any atom is -0.340 e. The Morgan fingerprint density at radius 1 is 0.917 bits per heavy atom. The van der Waals surface area contributed by atoms with Gasteiger partial charge in [-0.2, -0.15) is 0 Å². The first-order chi connectivity index (χ1) is 17.2. The van der Waals surface area contributed by atoms with Gasteiger partial charge in [-0.3, -0.25) is 14.9 Å². The quantitative estimate of drug-likeness (QED) is 0.338. The Kier molecular flexibility index (Phi) is 7.60. The van der Waals surface area contributed by atoms with Gasteiger partial charge in [-0.15, -0.1) is 10.2 Å². The lowest BCUT2D eigenvalue weighted by atomic mass is 9.86. The van der Waals surface area contributed by atoms with Crippen molar-refractivity contribution < 1.29 is 9.59 Å². The van der Waals surface area contributed by atoms with Crippen molar-refractivity contribution in [3.8, 4) is 10.6 Å². The van der Waals surface area contributed by atoms with Crippen LogP contribution in [0.25, 0.3) is 10.6 Å². The largest absolute Gasteiger partial charge is 0.340 e. The second-order valence-corrected chi connectivity index (χ2v) is 10.8. The monoisotopic (exact) mass is 498 g/mol. The third kappa shape index (κ3) is 6.43. The number of anilines is 1. The van der Waals surface area contributed by atoms with Gasteiger partial charge < -0.3 is 5.32 Å². The highest BCUT2D eigenvalue weighted by atomic mass is 32.1. The first-order valence-corrected chi connectivity index (χ1v) is 12.7. The molecule has 7 heteroatoms. The molecule has 4 rings (SSSR count). The molecule has 0 spiro atoms. The highest BCUT2D eigenvalue weighted by Gasteiger charge is 2.24. The van der Waals surface area contributed by atoms with Gasteiger partial charge in [0.1, 0.15) is 11.0 Å². The van der Waals surface area contributed by atoms with Gasteiger partial charge in [-0.1, -0.05) is 98.3 Å². The Morgan fingerprint density at radius 3 is 2.31 bits per heavy atom. The third-order valence-electron chi connectivity index (χ3n) is 5.84. The molecular weight excluding hydrogens is 468 g/mol. The van der Waals surface area contributed by atoms with Crippen LogP contribution in [0.4, 0.5) is 5.13 Å². The van der Waals surface area contributed by atoms with Crippen LogP contribution in [0.15, 0.2) is 78.9 Å². The van der Waals surface area contributed by atoms with Gasteiger partial charge in [-0.25, -0.2) is 0 Å². The van der Waals surface area contributed by atoms with Crippen molar-refractivity contribution >= 4 is 28.3 Å². The molecule has 1 atom stereocenters. The molecule has 0 aliphatic heterocycles. The predicted octanol–water partition coefficient (Wildman–Crippen LogP) is 5.79. The van der Waals surface area contributed by atoms with Crippen molar-refractivity contribution in [2.75, 3.05) is 5.32 Å². The molecule has 0 aliphatic rings. The summed E-state index contributed by atoms with van der Waals surface area (Å²) in [4.78, 5) is 26.4. The van der Waals surface area contributed by atoms with Gasteiger partial charge in [0.05, 0.1) is 0 Å². The second kappa shape index (κ2) is 10.8. The summed E-state index contributed by atoms with van der Waals surface area (Å²) in [7, 11) is 0. The van der Waals surface area contributed by atoms with Gasteiger partial charge in [0.25, 0.3) is 5.91 Å². The average molecular weight is 499 g/mol. The van der Waals surface area contributed by atoms with E-state index in [0.717, 1.165) is 27.3 Å². The fourth-order valence-corrected chi connectivity index (χ4v) is 4.53. The van der Waals surface area contributed by atoms with Crippen LogP contribution in [-0.4, -0.2) is 28.1 Å².